The first kappa shape index (κ1) is 19.9. The van der Waals surface area contributed by atoms with Crippen LogP contribution in [0.25, 0.3) is 10.9 Å². The number of para-hydroxylation sites is 2. The van der Waals surface area contributed by atoms with Gasteiger partial charge >= 0.3 is 6.09 Å². The van der Waals surface area contributed by atoms with Gasteiger partial charge in [-0.25, -0.2) is 4.79 Å². The molecule has 1 fully saturated rings. The molecular weight excluding hydrogens is 404 g/mol. The Bertz CT molecular complexity index is 1250. The molecule has 2 aromatic carbocycles. The number of fused-ring (bicyclic) bond motifs is 1. The molecule has 5 rings (SSSR count). The van der Waals surface area contributed by atoms with Crippen molar-refractivity contribution in [3.8, 4) is 5.75 Å². The minimum atomic E-state index is -0.338. The Kier molecular flexibility index (Phi) is 5.37. The molecule has 2 aromatic heterocycles. The van der Waals surface area contributed by atoms with E-state index in [4.69, 9.17) is 9.84 Å². The fourth-order valence-electron chi connectivity index (χ4n) is 4.13. The normalized spacial score (nSPS) is 14.4. The highest BCUT2D eigenvalue weighted by molar-refractivity contribution is 6.00. The molecule has 1 saturated heterocycles. The largest absolute Gasteiger partial charge is 0.415 e. The van der Waals surface area contributed by atoms with Crippen LogP contribution in [0.2, 0.25) is 0 Å². The number of hydrogen-bond donors (Lipinski definition) is 0. The number of ether oxygens (including phenoxy) is 1. The number of hydrogen-bond acceptors (Lipinski definition) is 5. The first-order chi connectivity index (χ1) is 15.7. The topological polar surface area (TPSA) is 77.3 Å². The molecule has 1 aliphatic rings. The zero-order chi connectivity index (χ0) is 21.9. The summed E-state index contributed by atoms with van der Waals surface area (Å²) in [5.74, 6) is 0.438. The van der Waals surface area contributed by atoms with Gasteiger partial charge in [0.15, 0.2) is 0 Å². The minimum absolute atomic E-state index is 0.151. The number of benzene rings is 2. The van der Waals surface area contributed by atoms with Gasteiger partial charge in [-0.05, 0) is 43.2 Å². The Morgan fingerprint density at radius 1 is 0.875 bits per heavy atom. The molecule has 0 aliphatic carbocycles. The first-order valence-corrected chi connectivity index (χ1v) is 10.7. The predicted molar refractivity (Wildman–Crippen MR) is 120 cm³/mol. The number of aromatic nitrogens is 3. The maximum Gasteiger partial charge on any atom is 0.415 e. The number of piperidine rings is 1. The van der Waals surface area contributed by atoms with Crippen molar-refractivity contribution in [2.75, 3.05) is 13.1 Å². The molecule has 0 spiro atoms. The Hall–Kier alpha value is -4.00. The molecule has 0 bridgehead atoms. The first-order valence-electron chi connectivity index (χ1n) is 10.7. The van der Waals surface area contributed by atoms with E-state index in [1.54, 1.807) is 41.4 Å². The molecule has 0 saturated carbocycles. The van der Waals surface area contributed by atoms with Gasteiger partial charge in [0.1, 0.15) is 11.4 Å². The summed E-state index contributed by atoms with van der Waals surface area (Å²) in [5.41, 5.74) is 2.01. The standard InChI is InChI=1S/C25H22N4O3/c30-24(21-11-6-7-15-26-21)29-22-12-5-4-10-20(22)23(27-29)18-13-16-28(17-14-18)25(31)32-19-8-2-1-3-9-19/h1-12,15,18H,13-14,16-17H2. The highest BCUT2D eigenvalue weighted by atomic mass is 16.6. The van der Waals surface area contributed by atoms with Crippen molar-refractivity contribution < 1.29 is 14.3 Å². The van der Waals surface area contributed by atoms with Crippen LogP contribution < -0.4 is 4.74 Å². The number of amides is 1. The molecule has 7 nitrogen and oxygen atoms in total. The molecule has 0 atom stereocenters. The highest BCUT2D eigenvalue weighted by Gasteiger charge is 2.29. The fourth-order valence-corrected chi connectivity index (χ4v) is 4.13. The molecule has 1 amide bonds. The van der Waals surface area contributed by atoms with Crippen molar-refractivity contribution in [3.63, 3.8) is 0 Å². The molecular formula is C25H22N4O3. The van der Waals surface area contributed by atoms with E-state index in [2.05, 4.69) is 4.98 Å². The molecule has 0 unspecified atom stereocenters. The maximum absolute atomic E-state index is 13.0. The fraction of sp³-hybridized carbons (Fsp3) is 0.200. The summed E-state index contributed by atoms with van der Waals surface area (Å²) in [6, 6.07) is 22.1. The third-order valence-corrected chi connectivity index (χ3v) is 5.78. The number of nitrogens with zero attached hydrogens (tertiary/aromatic N) is 4. The zero-order valence-electron chi connectivity index (χ0n) is 17.4. The molecule has 0 N–H and O–H groups in total. The van der Waals surface area contributed by atoms with Crippen molar-refractivity contribution in [1.29, 1.82) is 0 Å². The van der Waals surface area contributed by atoms with E-state index in [1.165, 1.54) is 4.68 Å². The van der Waals surface area contributed by atoms with Gasteiger partial charge in [-0.1, -0.05) is 42.5 Å². The van der Waals surface area contributed by atoms with Gasteiger partial charge in [-0.2, -0.15) is 9.78 Å². The lowest BCUT2D eigenvalue weighted by molar-refractivity contribution is 0.0944. The van der Waals surface area contributed by atoms with E-state index in [0.29, 0.717) is 24.5 Å². The molecule has 7 heteroatoms. The van der Waals surface area contributed by atoms with Crippen molar-refractivity contribution in [2.24, 2.45) is 0 Å². The minimum Gasteiger partial charge on any atom is -0.410 e. The summed E-state index contributed by atoms with van der Waals surface area (Å²) >= 11 is 0. The van der Waals surface area contributed by atoms with Gasteiger partial charge in [0.05, 0.1) is 11.2 Å². The van der Waals surface area contributed by atoms with E-state index in [1.807, 2.05) is 42.5 Å². The molecule has 1 aliphatic heterocycles. The predicted octanol–water partition coefficient (Wildman–Crippen LogP) is 4.50. The summed E-state index contributed by atoms with van der Waals surface area (Å²) < 4.78 is 6.91. The Morgan fingerprint density at radius 2 is 1.59 bits per heavy atom. The van der Waals surface area contributed by atoms with E-state index >= 15 is 0 Å². The van der Waals surface area contributed by atoms with E-state index in [9.17, 15) is 9.59 Å². The van der Waals surface area contributed by atoms with Crippen molar-refractivity contribution in [2.45, 2.75) is 18.8 Å². The number of pyridine rings is 1. The molecule has 160 valence electrons. The average molecular weight is 426 g/mol. The van der Waals surface area contributed by atoms with E-state index in [0.717, 1.165) is 29.4 Å². The van der Waals surface area contributed by atoms with Crippen LogP contribution in [0.4, 0.5) is 4.79 Å². The van der Waals surface area contributed by atoms with Gasteiger partial charge < -0.3 is 9.64 Å². The summed E-state index contributed by atoms with van der Waals surface area (Å²) in [7, 11) is 0. The van der Waals surface area contributed by atoms with Gasteiger partial charge in [0.25, 0.3) is 5.91 Å². The third-order valence-electron chi connectivity index (χ3n) is 5.78. The van der Waals surface area contributed by atoms with Crippen molar-refractivity contribution in [3.05, 3.63) is 90.4 Å². The molecule has 0 radical (unpaired) electrons. The van der Waals surface area contributed by atoms with Crippen LogP contribution in [0.1, 0.15) is 34.9 Å². The van der Waals surface area contributed by atoms with Crippen LogP contribution in [0.5, 0.6) is 5.75 Å². The van der Waals surface area contributed by atoms with Crippen LogP contribution in [0.15, 0.2) is 79.0 Å². The van der Waals surface area contributed by atoms with E-state index < -0.39 is 0 Å². The molecule has 32 heavy (non-hydrogen) atoms. The Balaban J connectivity index is 1.35. The second kappa shape index (κ2) is 8.63. The van der Waals surface area contributed by atoms with Crippen molar-refractivity contribution >= 4 is 22.9 Å². The summed E-state index contributed by atoms with van der Waals surface area (Å²) in [6.45, 7) is 1.15. The quantitative estimate of drug-likeness (QED) is 0.482. The lowest BCUT2D eigenvalue weighted by Crippen LogP contribution is -2.39. The number of rotatable bonds is 3. The summed E-state index contributed by atoms with van der Waals surface area (Å²) in [4.78, 5) is 31.4. The smallest absolute Gasteiger partial charge is 0.410 e. The van der Waals surface area contributed by atoms with Gasteiger partial charge in [-0.3, -0.25) is 9.78 Å². The summed E-state index contributed by atoms with van der Waals surface area (Å²) in [5, 5.41) is 5.68. The SMILES string of the molecule is O=C(Oc1ccccc1)N1CCC(c2nn(C(=O)c3ccccn3)c3ccccc23)CC1. The highest BCUT2D eigenvalue weighted by Crippen LogP contribution is 2.33. The van der Waals surface area contributed by atoms with Gasteiger partial charge in [0.2, 0.25) is 0 Å². The maximum atomic E-state index is 13.0. The van der Waals surface area contributed by atoms with Crippen LogP contribution >= 0.6 is 0 Å². The Labute approximate surface area is 185 Å². The monoisotopic (exact) mass is 426 g/mol. The van der Waals surface area contributed by atoms with Gasteiger partial charge in [-0.15, -0.1) is 0 Å². The number of carbonyl (C=O) groups is 2. The third kappa shape index (κ3) is 3.85. The van der Waals surface area contributed by atoms with Crippen LogP contribution in [-0.4, -0.2) is 44.8 Å². The van der Waals surface area contributed by atoms with Crippen LogP contribution in [0.3, 0.4) is 0 Å². The molecule has 3 heterocycles. The van der Waals surface area contributed by atoms with Crippen LogP contribution in [0, 0.1) is 0 Å². The van der Waals surface area contributed by atoms with Crippen molar-refractivity contribution in [1.82, 2.24) is 19.7 Å². The zero-order valence-corrected chi connectivity index (χ0v) is 17.4. The number of likely N-dealkylation sites (tertiary alicyclic amines) is 1. The Morgan fingerprint density at radius 3 is 2.34 bits per heavy atom. The van der Waals surface area contributed by atoms with E-state index in [-0.39, 0.29) is 17.9 Å². The molecule has 4 aromatic rings. The second-order valence-electron chi connectivity index (χ2n) is 7.78. The lowest BCUT2D eigenvalue weighted by Gasteiger charge is -2.30. The number of carbonyl (C=O) groups excluding carboxylic acids is 2. The lowest BCUT2D eigenvalue weighted by atomic mass is 9.92. The summed E-state index contributed by atoms with van der Waals surface area (Å²) in [6.07, 6.45) is 2.77. The second-order valence-corrected chi connectivity index (χ2v) is 7.78. The average Bonchev–Trinajstić information content (AvgIpc) is 3.24. The van der Waals surface area contributed by atoms with Crippen LogP contribution in [-0.2, 0) is 0 Å². The van der Waals surface area contributed by atoms with Gasteiger partial charge in [0, 0.05) is 30.6 Å².